The SMILES string of the molecule is Cc1ccc(Sc2cccs2)cc1. The number of hydrogen-bond acceptors (Lipinski definition) is 2. The Labute approximate surface area is 86.6 Å². The molecule has 0 aliphatic heterocycles. The monoisotopic (exact) mass is 206 g/mol. The third-order valence-electron chi connectivity index (χ3n) is 1.73. The molecule has 0 N–H and O–H groups in total. The summed E-state index contributed by atoms with van der Waals surface area (Å²) in [4.78, 5) is 1.31. The Bertz CT molecular complexity index is 359. The summed E-state index contributed by atoms with van der Waals surface area (Å²) in [5.74, 6) is 0. The van der Waals surface area contributed by atoms with E-state index in [1.807, 2.05) is 11.8 Å². The molecule has 0 saturated heterocycles. The highest BCUT2D eigenvalue weighted by Crippen LogP contribution is 2.30. The largest absolute Gasteiger partial charge is 0.137 e. The molecule has 1 aromatic heterocycles. The number of hydrogen-bond donors (Lipinski definition) is 0. The minimum atomic E-state index is 1.31. The first-order chi connectivity index (χ1) is 6.34. The first-order valence-electron chi connectivity index (χ1n) is 4.12. The van der Waals surface area contributed by atoms with Gasteiger partial charge in [0.05, 0.1) is 4.21 Å². The fourth-order valence-corrected chi connectivity index (χ4v) is 2.79. The summed E-state index contributed by atoms with van der Waals surface area (Å²) in [6, 6.07) is 12.9. The van der Waals surface area contributed by atoms with Crippen molar-refractivity contribution >= 4 is 23.1 Å². The van der Waals surface area contributed by atoms with Crippen molar-refractivity contribution in [2.24, 2.45) is 0 Å². The van der Waals surface area contributed by atoms with E-state index in [1.54, 1.807) is 11.3 Å². The Morgan fingerprint density at radius 2 is 1.85 bits per heavy atom. The van der Waals surface area contributed by atoms with E-state index < -0.39 is 0 Å². The van der Waals surface area contributed by atoms with Crippen molar-refractivity contribution in [2.45, 2.75) is 16.0 Å². The quantitative estimate of drug-likeness (QED) is 0.709. The van der Waals surface area contributed by atoms with E-state index in [9.17, 15) is 0 Å². The summed E-state index contributed by atoms with van der Waals surface area (Å²) in [6.45, 7) is 2.11. The minimum absolute atomic E-state index is 1.31. The lowest BCUT2D eigenvalue weighted by Crippen LogP contribution is -1.71. The molecule has 0 amide bonds. The molecule has 0 aliphatic rings. The maximum Gasteiger partial charge on any atom is 0.0646 e. The van der Waals surface area contributed by atoms with Gasteiger partial charge in [0.25, 0.3) is 0 Å². The molecule has 1 heterocycles. The molecule has 1 aromatic carbocycles. The van der Waals surface area contributed by atoms with Gasteiger partial charge in [0.2, 0.25) is 0 Å². The van der Waals surface area contributed by atoms with Crippen LogP contribution in [0.1, 0.15) is 5.56 Å². The highest BCUT2D eigenvalue weighted by atomic mass is 32.2. The lowest BCUT2D eigenvalue weighted by molar-refractivity contribution is 1.38. The molecule has 0 radical (unpaired) electrons. The molecule has 0 fully saturated rings. The predicted molar refractivity (Wildman–Crippen MR) is 59.6 cm³/mol. The Balaban J connectivity index is 2.15. The molecule has 0 spiro atoms. The van der Waals surface area contributed by atoms with Gasteiger partial charge < -0.3 is 0 Å². The van der Waals surface area contributed by atoms with Gasteiger partial charge in [-0.1, -0.05) is 35.5 Å². The maximum atomic E-state index is 2.17. The second-order valence-electron chi connectivity index (χ2n) is 2.85. The number of thiophene rings is 1. The Morgan fingerprint density at radius 1 is 1.08 bits per heavy atom. The van der Waals surface area contributed by atoms with Crippen LogP contribution >= 0.6 is 23.1 Å². The van der Waals surface area contributed by atoms with Crippen LogP contribution in [0, 0.1) is 6.92 Å². The van der Waals surface area contributed by atoms with E-state index in [2.05, 4.69) is 48.7 Å². The molecule has 0 unspecified atom stereocenters. The summed E-state index contributed by atoms with van der Waals surface area (Å²) in [6.07, 6.45) is 0. The van der Waals surface area contributed by atoms with Crippen molar-refractivity contribution in [3.05, 3.63) is 47.3 Å². The van der Waals surface area contributed by atoms with E-state index in [0.717, 1.165) is 0 Å². The van der Waals surface area contributed by atoms with E-state index in [1.165, 1.54) is 14.7 Å². The highest BCUT2D eigenvalue weighted by Gasteiger charge is 1.96. The van der Waals surface area contributed by atoms with Gasteiger partial charge in [-0.25, -0.2) is 0 Å². The molecule has 0 atom stereocenters. The zero-order valence-corrected chi connectivity index (χ0v) is 8.99. The van der Waals surface area contributed by atoms with Gasteiger partial charge in [-0.05, 0) is 30.5 Å². The number of rotatable bonds is 2. The van der Waals surface area contributed by atoms with E-state index >= 15 is 0 Å². The summed E-state index contributed by atoms with van der Waals surface area (Å²) in [7, 11) is 0. The normalized spacial score (nSPS) is 10.2. The Hall–Kier alpha value is -0.730. The predicted octanol–water partition coefficient (Wildman–Crippen LogP) is 4.21. The molecular formula is C11H10S2. The molecule has 2 rings (SSSR count). The lowest BCUT2D eigenvalue weighted by atomic mass is 10.2. The smallest absolute Gasteiger partial charge is 0.0646 e. The second kappa shape index (κ2) is 3.99. The van der Waals surface area contributed by atoms with Crippen LogP contribution in [-0.2, 0) is 0 Å². The van der Waals surface area contributed by atoms with Crippen LogP contribution in [0.5, 0.6) is 0 Å². The molecular weight excluding hydrogens is 196 g/mol. The third-order valence-corrected chi connectivity index (χ3v) is 3.78. The zero-order chi connectivity index (χ0) is 9.10. The van der Waals surface area contributed by atoms with Crippen molar-refractivity contribution in [1.82, 2.24) is 0 Å². The zero-order valence-electron chi connectivity index (χ0n) is 7.36. The second-order valence-corrected chi connectivity index (χ2v) is 5.17. The molecule has 0 nitrogen and oxygen atoms in total. The number of benzene rings is 1. The lowest BCUT2D eigenvalue weighted by Gasteiger charge is -1.98. The Kier molecular flexibility index (Phi) is 2.71. The van der Waals surface area contributed by atoms with Crippen LogP contribution in [0.15, 0.2) is 50.9 Å². The fourth-order valence-electron chi connectivity index (χ4n) is 1.04. The van der Waals surface area contributed by atoms with Gasteiger partial charge in [0.1, 0.15) is 0 Å². The first-order valence-corrected chi connectivity index (χ1v) is 5.82. The molecule has 0 bridgehead atoms. The van der Waals surface area contributed by atoms with E-state index in [-0.39, 0.29) is 0 Å². The summed E-state index contributed by atoms with van der Waals surface area (Å²) in [5.41, 5.74) is 1.32. The van der Waals surface area contributed by atoms with E-state index in [4.69, 9.17) is 0 Å². The standard InChI is InChI=1S/C11H10S2/c1-9-4-6-10(7-5-9)13-11-3-2-8-12-11/h2-8H,1H3. The molecule has 0 saturated carbocycles. The first kappa shape index (κ1) is 8.85. The fraction of sp³-hybridized carbons (Fsp3) is 0.0909. The summed E-state index contributed by atoms with van der Waals surface area (Å²) >= 11 is 3.61. The van der Waals surface area contributed by atoms with Crippen LogP contribution in [0.25, 0.3) is 0 Å². The topological polar surface area (TPSA) is 0 Å². The average molecular weight is 206 g/mol. The van der Waals surface area contributed by atoms with Crippen molar-refractivity contribution in [3.63, 3.8) is 0 Å². The maximum absolute atomic E-state index is 2.17. The van der Waals surface area contributed by atoms with Crippen molar-refractivity contribution in [2.75, 3.05) is 0 Å². The van der Waals surface area contributed by atoms with Crippen molar-refractivity contribution in [1.29, 1.82) is 0 Å². The van der Waals surface area contributed by atoms with Gasteiger partial charge in [0, 0.05) is 4.90 Å². The Morgan fingerprint density at radius 3 is 2.46 bits per heavy atom. The van der Waals surface area contributed by atoms with Crippen LogP contribution in [0.3, 0.4) is 0 Å². The highest BCUT2D eigenvalue weighted by molar-refractivity contribution is 8.01. The van der Waals surface area contributed by atoms with Gasteiger partial charge in [-0.15, -0.1) is 11.3 Å². The molecule has 2 heteroatoms. The van der Waals surface area contributed by atoms with Gasteiger partial charge >= 0.3 is 0 Å². The minimum Gasteiger partial charge on any atom is -0.137 e. The average Bonchev–Trinajstić information content (AvgIpc) is 2.62. The van der Waals surface area contributed by atoms with Crippen LogP contribution in [0.2, 0.25) is 0 Å². The van der Waals surface area contributed by atoms with Crippen molar-refractivity contribution < 1.29 is 0 Å². The van der Waals surface area contributed by atoms with Crippen molar-refractivity contribution in [3.8, 4) is 0 Å². The van der Waals surface area contributed by atoms with Gasteiger partial charge in [-0.3, -0.25) is 0 Å². The van der Waals surface area contributed by atoms with Gasteiger partial charge in [0.15, 0.2) is 0 Å². The van der Waals surface area contributed by atoms with Crippen LogP contribution in [-0.4, -0.2) is 0 Å². The van der Waals surface area contributed by atoms with Gasteiger partial charge in [-0.2, -0.15) is 0 Å². The molecule has 66 valence electrons. The summed E-state index contributed by atoms with van der Waals surface area (Å²) < 4.78 is 1.35. The van der Waals surface area contributed by atoms with E-state index in [0.29, 0.717) is 0 Å². The molecule has 0 aliphatic carbocycles. The van der Waals surface area contributed by atoms with Crippen LogP contribution < -0.4 is 0 Å². The third kappa shape index (κ3) is 2.36. The number of aryl methyl sites for hydroxylation is 1. The summed E-state index contributed by atoms with van der Waals surface area (Å²) in [5, 5.41) is 2.11. The molecule has 13 heavy (non-hydrogen) atoms. The molecule has 2 aromatic rings. The van der Waals surface area contributed by atoms with Crippen LogP contribution in [0.4, 0.5) is 0 Å².